The zero-order valence-electron chi connectivity index (χ0n) is 17.0. The van der Waals surface area contributed by atoms with Gasteiger partial charge in [0.05, 0.1) is 29.5 Å². The molecule has 1 amide bonds. The van der Waals surface area contributed by atoms with Crippen molar-refractivity contribution in [2.75, 3.05) is 32.6 Å². The quantitative estimate of drug-likeness (QED) is 0.719. The molecule has 0 spiro atoms. The van der Waals surface area contributed by atoms with E-state index in [0.717, 1.165) is 31.2 Å². The standard InChI is InChI=1S/C22H27N5O2.H2/c1-27(18-6-4-3-5-7-18)21(28)19-15-25-22(24-12-13-29-2)26-20(19)17-10-8-16(14-23)9-11-17;/h8-11,15,18H,3-7,12-13H2,1-2H3,(H,24,25,26);1H. The Morgan fingerprint density at radius 2 is 2.03 bits per heavy atom. The molecule has 1 fully saturated rings. The SMILES string of the molecule is COCCNc1ncc(C(=O)N(C)C2CCCCC2)c(-c2ccc(C#N)cc2)n1.[HH]. The molecule has 1 aromatic carbocycles. The zero-order chi connectivity index (χ0) is 20.6. The summed E-state index contributed by atoms with van der Waals surface area (Å²) in [6.45, 7) is 1.10. The number of nitrogens with zero attached hydrogens (tertiary/aromatic N) is 4. The summed E-state index contributed by atoms with van der Waals surface area (Å²) >= 11 is 0. The highest BCUT2D eigenvalue weighted by Gasteiger charge is 2.26. The molecule has 1 heterocycles. The molecule has 1 aromatic heterocycles. The molecule has 2 aromatic rings. The van der Waals surface area contributed by atoms with Crippen LogP contribution in [0.2, 0.25) is 0 Å². The molecule has 0 unspecified atom stereocenters. The van der Waals surface area contributed by atoms with E-state index in [4.69, 9.17) is 10.00 Å². The van der Waals surface area contributed by atoms with Crippen LogP contribution in [-0.4, -0.2) is 54.1 Å². The van der Waals surface area contributed by atoms with Gasteiger partial charge >= 0.3 is 0 Å². The molecule has 29 heavy (non-hydrogen) atoms. The fourth-order valence-electron chi connectivity index (χ4n) is 3.64. The summed E-state index contributed by atoms with van der Waals surface area (Å²) < 4.78 is 5.06. The molecular formula is C22H29N5O2. The van der Waals surface area contributed by atoms with Crippen molar-refractivity contribution in [1.29, 1.82) is 5.26 Å². The third kappa shape index (κ3) is 5.09. The average molecular weight is 396 g/mol. The number of benzene rings is 1. The van der Waals surface area contributed by atoms with E-state index in [0.29, 0.717) is 35.9 Å². The second kappa shape index (κ2) is 9.99. The normalized spacial score (nSPS) is 14.2. The summed E-state index contributed by atoms with van der Waals surface area (Å²) in [4.78, 5) is 24.1. The minimum absolute atomic E-state index is 0. The Bertz CT molecular complexity index is 876. The van der Waals surface area contributed by atoms with Gasteiger partial charge in [-0.2, -0.15) is 5.26 Å². The third-order valence-electron chi connectivity index (χ3n) is 5.34. The van der Waals surface area contributed by atoms with E-state index in [1.807, 2.05) is 24.1 Å². The number of nitriles is 1. The molecule has 0 atom stereocenters. The molecule has 154 valence electrons. The predicted octanol–water partition coefficient (Wildman–Crippen LogP) is 3.72. The van der Waals surface area contributed by atoms with Gasteiger partial charge in [0.25, 0.3) is 5.91 Å². The largest absolute Gasteiger partial charge is 0.383 e. The number of nitrogens with one attached hydrogen (secondary N) is 1. The Hall–Kier alpha value is -2.98. The van der Waals surface area contributed by atoms with Crippen molar-refractivity contribution < 1.29 is 11.0 Å². The molecule has 0 bridgehead atoms. The molecule has 1 N–H and O–H groups in total. The second-order valence-electron chi connectivity index (χ2n) is 7.27. The van der Waals surface area contributed by atoms with Crippen LogP contribution in [-0.2, 0) is 4.74 Å². The maximum Gasteiger partial charge on any atom is 0.257 e. The average Bonchev–Trinajstić information content (AvgIpc) is 2.79. The minimum Gasteiger partial charge on any atom is -0.383 e. The lowest BCUT2D eigenvalue weighted by Crippen LogP contribution is -2.38. The van der Waals surface area contributed by atoms with Gasteiger partial charge in [-0.1, -0.05) is 31.4 Å². The first-order chi connectivity index (χ1) is 14.1. The molecular weight excluding hydrogens is 366 g/mol. The number of carbonyl (C=O) groups excluding carboxylic acids is 1. The number of rotatable bonds is 7. The fourth-order valence-corrected chi connectivity index (χ4v) is 3.64. The van der Waals surface area contributed by atoms with Gasteiger partial charge in [0, 0.05) is 39.9 Å². The third-order valence-corrected chi connectivity index (χ3v) is 5.34. The first-order valence-corrected chi connectivity index (χ1v) is 10.0. The van der Waals surface area contributed by atoms with Gasteiger partial charge in [0.2, 0.25) is 5.95 Å². The molecule has 1 saturated carbocycles. The van der Waals surface area contributed by atoms with Crippen LogP contribution in [0.5, 0.6) is 0 Å². The number of hydrogen-bond acceptors (Lipinski definition) is 6. The summed E-state index contributed by atoms with van der Waals surface area (Å²) in [6.07, 6.45) is 7.21. The van der Waals surface area contributed by atoms with Crippen molar-refractivity contribution in [3.63, 3.8) is 0 Å². The van der Waals surface area contributed by atoms with E-state index in [2.05, 4.69) is 21.4 Å². The number of aromatic nitrogens is 2. The summed E-state index contributed by atoms with van der Waals surface area (Å²) in [7, 11) is 3.50. The van der Waals surface area contributed by atoms with Gasteiger partial charge in [-0.05, 0) is 25.0 Å². The Kier molecular flexibility index (Phi) is 7.14. The monoisotopic (exact) mass is 395 g/mol. The molecule has 7 heteroatoms. The van der Waals surface area contributed by atoms with Crippen LogP contribution in [0, 0.1) is 11.3 Å². The van der Waals surface area contributed by atoms with Gasteiger partial charge in [0.15, 0.2) is 0 Å². The Morgan fingerprint density at radius 1 is 1.31 bits per heavy atom. The highest BCUT2D eigenvalue weighted by molar-refractivity contribution is 5.99. The molecule has 0 saturated heterocycles. The van der Waals surface area contributed by atoms with Crippen molar-refractivity contribution in [3.8, 4) is 17.3 Å². The number of amides is 1. The summed E-state index contributed by atoms with van der Waals surface area (Å²) in [5.74, 6) is 0.373. The van der Waals surface area contributed by atoms with E-state index in [1.165, 1.54) is 6.42 Å². The number of hydrogen-bond donors (Lipinski definition) is 1. The van der Waals surface area contributed by atoms with Gasteiger partial charge in [-0.25, -0.2) is 9.97 Å². The number of anilines is 1. The van der Waals surface area contributed by atoms with Crippen LogP contribution >= 0.6 is 0 Å². The van der Waals surface area contributed by atoms with Gasteiger partial charge in [-0.15, -0.1) is 0 Å². The van der Waals surface area contributed by atoms with Crippen molar-refractivity contribution in [3.05, 3.63) is 41.6 Å². The lowest BCUT2D eigenvalue weighted by atomic mass is 9.94. The van der Waals surface area contributed by atoms with Crippen molar-refractivity contribution in [1.82, 2.24) is 14.9 Å². The highest BCUT2D eigenvalue weighted by Crippen LogP contribution is 2.27. The first-order valence-electron chi connectivity index (χ1n) is 10.0. The van der Waals surface area contributed by atoms with Crippen molar-refractivity contribution >= 4 is 11.9 Å². The van der Waals surface area contributed by atoms with E-state index >= 15 is 0 Å². The van der Waals surface area contributed by atoms with Crippen LogP contribution < -0.4 is 5.32 Å². The first kappa shape index (κ1) is 20.7. The number of methoxy groups -OCH3 is 1. The van der Waals surface area contributed by atoms with Crippen LogP contribution in [0.4, 0.5) is 5.95 Å². The van der Waals surface area contributed by atoms with Gasteiger partial charge in [0.1, 0.15) is 0 Å². The minimum atomic E-state index is -0.0697. The highest BCUT2D eigenvalue weighted by atomic mass is 16.5. The Balaban J connectivity index is 0.00000320. The lowest BCUT2D eigenvalue weighted by Gasteiger charge is -2.31. The van der Waals surface area contributed by atoms with E-state index in [9.17, 15) is 4.79 Å². The van der Waals surface area contributed by atoms with E-state index < -0.39 is 0 Å². The van der Waals surface area contributed by atoms with Crippen LogP contribution in [0.25, 0.3) is 11.3 Å². The topological polar surface area (TPSA) is 91.1 Å². The molecule has 0 radical (unpaired) electrons. The lowest BCUT2D eigenvalue weighted by molar-refractivity contribution is 0.0696. The zero-order valence-corrected chi connectivity index (χ0v) is 17.0. The van der Waals surface area contributed by atoms with Crippen molar-refractivity contribution in [2.45, 2.75) is 38.1 Å². The van der Waals surface area contributed by atoms with Crippen molar-refractivity contribution in [2.24, 2.45) is 0 Å². The molecule has 7 nitrogen and oxygen atoms in total. The van der Waals surface area contributed by atoms with Crippen LogP contribution in [0.1, 0.15) is 49.5 Å². The summed E-state index contributed by atoms with van der Waals surface area (Å²) in [5, 5.41) is 12.2. The van der Waals surface area contributed by atoms with E-state index in [1.54, 1.807) is 25.4 Å². The smallest absolute Gasteiger partial charge is 0.257 e. The fraction of sp³-hybridized carbons (Fsp3) is 0.455. The Labute approximate surface area is 173 Å². The Morgan fingerprint density at radius 3 is 2.69 bits per heavy atom. The maximum atomic E-state index is 13.3. The van der Waals surface area contributed by atoms with E-state index in [-0.39, 0.29) is 13.4 Å². The predicted molar refractivity (Wildman–Crippen MR) is 114 cm³/mol. The number of carbonyl (C=O) groups is 1. The van der Waals surface area contributed by atoms with Crippen LogP contribution in [0.15, 0.2) is 30.5 Å². The van der Waals surface area contributed by atoms with Gasteiger partial charge in [-0.3, -0.25) is 4.79 Å². The maximum absolute atomic E-state index is 13.3. The molecule has 3 rings (SSSR count). The molecule has 1 aliphatic carbocycles. The van der Waals surface area contributed by atoms with Crippen LogP contribution in [0.3, 0.4) is 0 Å². The second-order valence-corrected chi connectivity index (χ2v) is 7.27. The number of ether oxygens (including phenoxy) is 1. The summed E-state index contributed by atoms with van der Waals surface area (Å²) in [5.41, 5.74) is 2.38. The molecule has 1 aliphatic rings. The molecule has 0 aliphatic heterocycles. The van der Waals surface area contributed by atoms with Gasteiger partial charge < -0.3 is 15.0 Å². The summed E-state index contributed by atoms with van der Waals surface area (Å²) in [6, 6.07) is 9.46.